The number of nitrogens with zero attached hydrogens (tertiary/aromatic N) is 4. The third-order valence-electron chi connectivity index (χ3n) is 3.76. The second-order valence-electron chi connectivity index (χ2n) is 5.05. The standard InChI is InChI=1S/C12H19N5O/c1-9-6-16(10-7-18-8-10)4-5-17(9)12-3-2-11(13)14-15-12/h2-3,9-10H,4-8H2,1H3,(H2,13,14)/t9-/m0/s1. The van der Waals surface area contributed by atoms with Gasteiger partial charge in [-0.25, -0.2) is 0 Å². The monoisotopic (exact) mass is 249 g/mol. The molecule has 98 valence electrons. The van der Waals surface area contributed by atoms with Crippen LogP contribution in [0.25, 0.3) is 0 Å². The predicted octanol–water partition coefficient (Wildman–Crippen LogP) is -0.0319. The molecule has 2 fully saturated rings. The van der Waals surface area contributed by atoms with Gasteiger partial charge in [0.25, 0.3) is 0 Å². The SMILES string of the molecule is C[C@H]1CN(C2COC2)CCN1c1ccc(N)nn1. The van der Waals surface area contributed by atoms with Crippen molar-refractivity contribution >= 4 is 11.6 Å². The van der Waals surface area contributed by atoms with Crippen LogP contribution in [-0.4, -0.2) is 60.0 Å². The average molecular weight is 249 g/mol. The molecule has 1 aromatic heterocycles. The summed E-state index contributed by atoms with van der Waals surface area (Å²) in [5.74, 6) is 1.39. The topological polar surface area (TPSA) is 67.5 Å². The largest absolute Gasteiger partial charge is 0.382 e. The molecule has 0 spiro atoms. The molecular formula is C12H19N5O. The van der Waals surface area contributed by atoms with Gasteiger partial charge in [-0.15, -0.1) is 10.2 Å². The van der Waals surface area contributed by atoms with E-state index in [9.17, 15) is 0 Å². The smallest absolute Gasteiger partial charge is 0.151 e. The zero-order chi connectivity index (χ0) is 12.5. The van der Waals surface area contributed by atoms with Crippen LogP contribution in [0.5, 0.6) is 0 Å². The Hall–Kier alpha value is -1.40. The van der Waals surface area contributed by atoms with Crippen LogP contribution in [0.2, 0.25) is 0 Å². The molecule has 1 atom stereocenters. The van der Waals surface area contributed by atoms with Crippen LogP contribution in [0.15, 0.2) is 12.1 Å². The first kappa shape index (κ1) is 11.7. The molecule has 1 aromatic rings. The van der Waals surface area contributed by atoms with Crippen molar-refractivity contribution in [1.29, 1.82) is 0 Å². The molecule has 2 aliphatic rings. The number of nitrogens with two attached hydrogens (primary N) is 1. The minimum atomic E-state index is 0.442. The lowest BCUT2D eigenvalue weighted by Crippen LogP contribution is -2.59. The first-order valence-electron chi connectivity index (χ1n) is 6.41. The fourth-order valence-corrected chi connectivity index (χ4v) is 2.58. The number of ether oxygens (including phenoxy) is 1. The van der Waals surface area contributed by atoms with Gasteiger partial charge in [0.15, 0.2) is 5.82 Å². The van der Waals surface area contributed by atoms with E-state index in [4.69, 9.17) is 10.5 Å². The summed E-state index contributed by atoms with van der Waals surface area (Å²) in [5.41, 5.74) is 5.56. The van der Waals surface area contributed by atoms with Crippen LogP contribution >= 0.6 is 0 Å². The summed E-state index contributed by atoms with van der Waals surface area (Å²) in [6, 6.07) is 4.81. The summed E-state index contributed by atoms with van der Waals surface area (Å²) >= 11 is 0. The van der Waals surface area contributed by atoms with Crippen molar-refractivity contribution in [3.63, 3.8) is 0 Å². The Labute approximate surface area is 107 Å². The van der Waals surface area contributed by atoms with Crippen LogP contribution in [0.4, 0.5) is 11.6 Å². The van der Waals surface area contributed by atoms with Crippen molar-refractivity contribution in [2.45, 2.75) is 19.0 Å². The molecule has 6 heteroatoms. The molecule has 3 rings (SSSR count). The molecular weight excluding hydrogens is 230 g/mol. The summed E-state index contributed by atoms with van der Waals surface area (Å²) in [6.45, 7) is 7.09. The fraction of sp³-hybridized carbons (Fsp3) is 0.667. The first-order chi connectivity index (χ1) is 8.74. The van der Waals surface area contributed by atoms with Crippen molar-refractivity contribution in [2.75, 3.05) is 43.5 Å². The second-order valence-corrected chi connectivity index (χ2v) is 5.05. The molecule has 2 aliphatic heterocycles. The highest BCUT2D eigenvalue weighted by Gasteiger charge is 2.32. The van der Waals surface area contributed by atoms with Crippen LogP contribution in [0, 0.1) is 0 Å². The minimum Gasteiger partial charge on any atom is -0.382 e. The molecule has 0 bridgehead atoms. The van der Waals surface area contributed by atoms with Gasteiger partial charge in [0, 0.05) is 25.7 Å². The van der Waals surface area contributed by atoms with E-state index in [1.807, 2.05) is 6.07 Å². The van der Waals surface area contributed by atoms with E-state index < -0.39 is 0 Å². The molecule has 3 heterocycles. The van der Waals surface area contributed by atoms with E-state index in [1.54, 1.807) is 6.07 Å². The van der Waals surface area contributed by atoms with Crippen LogP contribution < -0.4 is 10.6 Å². The molecule has 0 aliphatic carbocycles. The zero-order valence-corrected chi connectivity index (χ0v) is 10.6. The van der Waals surface area contributed by atoms with Gasteiger partial charge in [-0.1, -0.05) is 0 Å². The molecule has 6 nitrogen and oxygen atoms in total. The maximum absolute atomic E-state index is 5.56. The Morgan fingerprint density at radius 3 is 2.67 bits per heavy atom. The third-order valence-corrected chi connectivity index (χ3v) is 3.76. The Morgan fingerprint density at radius 1 is 1.28 bits per heavy atom. The lowest BCUT2D eigenvalue weighted by molar-refractivity contribution is -0.0692. The average Bonchev–Trinajstić information content (AvgIpc) is 2.29. The zero-order valence-electron chi connectivity index (χ0n) is 10.6. The number of aromatic nitrogens is 2. The van der Waals surface area contributed by atoms with E-state index in [0.717, 1.165) is 38.7 Å². The summed E-state index contributed by atoms with van der Waals surface area (Å²) in [7, 11) is 0. The Bertz CT molecular complexity index is 405. The Balaban J connectivity index is 1.66. The Morgan fingerprint density at radius 2 is 2.11 bits per heavy atom. The van der Waals surface area contributed by atoms with Gasteiger partial charge in [0.1, 0.15) is 5.82 Å². The molecule has 2 saturated heterocycles. The predicted molar refractivity (Wildman–Crippen MR) is 69.4 cm³/mol. The van der Waals surface area contributed by atoms with Gasteiger partial charge in [-0.05, 0) is 19.1 Å². The molecule has 2 N–H and O–H groups in total. The molecule has 0 radical (unpaired) electrons. The van der Waals surface area contributed by atoms with Crippen molar-refractivity contribution < 1.29 is 4.74 Å². The number of hydrogen-bond acceptors (Lipinski definition) is 6. The normalized spacial score (nSPS) is 26.1. The molecule has 0 saturated carbocycles. The highest BCUT2D eigenvalue weighted by atomic mass is 16.5. The van der Waals surface area contributed by atoms with Gasteiger partial charge < -0.3 is 15.4 Å². The van der Waals surface area contributed by atoms with Gasteiger partial charge >= 0.3 is 0 Å². The summed E-state index contributed by atoms with van der Waals surface area (Å²) < 4.78 is 5.26. The van der Waals surface area contributed by atoms with Crippen molar-refractivity contribution in [2.24, 2.45) is 0 Å². The lowest BCUT2D eigenvalue weighted by Gasteiger charge is -2.45. The van der Waals surface area contributed by atoms with E-state index in [0.29, 0.717) is 17.9 Å². The highest BCUT2D eigenvalue weighted by molar-refractivity contribution is 5.42. The summed E-state index contributed by atoms with van der Waals surface area (Å²) in [4.78, 5) is 4.80. The van der Waals surface area contributed by atoms with Gasteiger partial charge in [-0.2, -0.15) is 0 Å². The molecule has 0 aromatic carbocycles. The van der Waals surface area contributed by atoms with E-state index in [1.165, 1.54) is 0 Å². The maximum Gasteiger partial charge on any atom is 0.151 e. The number of nitrogen functional groups attached to an aromatic ring is 1. The van der Waals surface area contributed by atoms with Crippen LogP contribution in [0.3, 0.4) is 0 Å². The van der Waals surface area contributed by atoms with E-state index in [2.05, 4.69) is 26.9 Å². The number of anilines is 2. The fourth-order valence-electron chi connectivity index (χ4n) is 2.58. The van der Waals surface area contributed by atoms with Crippen molar-refractivity contribution in [3.05, 3.63) is 12.1 Å². The number of hydrogen-bond donors (Lipinski definition) is 1. The Kier molecular flexibility index (Phi) is 3.05. The molecule has 18 heavy (non-hydrogen) atoms. The van der Waals surface area contributed by atoms with Gasteiger partial charge in [-0.3, -0.25) is 4.90 Å². The second kappa shape index (κ2) is 4.70. The first-order valence-corrected chi connectivity index (χ1v) is 6.41. The molecule has 0 amide bonds. The minimum absolute atomic E-state index is 0.442. The highest BCUT2D eigenvalue weighted by Crippen LogP contribution is 2.21. The van der Waals surface area contributed by atoms with E-state index >= 15 is 0 Å². The van der Waals surface area contributed by atoms with Gasteiger partial charge in [0.05, 0.1) is 19.3 Å². The van der Waals surface area contributed by atoms with Crippen LogP contribution in [-0.2, 0) is 4.74 Å². The third kappa shape index (κ3) is 2.13. The lowest BCUT2D eigenvalue weighted by atomic mass is 10.1. The number of piperazine rings is 1. The number of rotatable bonds is 2. The summed E-state index contributed by atoms with van der Waals surface area (Å²) in [6.07, 6.45) is 0. The molecule has 0 unspecified atom stereocenters. The maximum atomic E-state index is 5.56. The van der Waals surface area contributed by atoms with Crippen molar-refractivity contribution in [3.8, 4) is 0 Å². The van der Waals surface area contributed by atoms with E-state index in [-0.39, 0.29) is 0 Å². The summed E-state index contributed by atoms with van der Waals surface area (Å²) in [5, 5.41) is 8.09. The van der Waals surface area contributed by atoms with Crippen molar-refractivity contribution in [1.82, 2.24) is 15.1 Å². The van der Waals surface area contributed by atoms with Crippen LogP contribution in [0.1, 0.15) is 6.92 Å². The quantitative estimate of drug-likeness (QED) is 0.794. The van der Waals surface area contributed by atoms with Gasteiger partial charge in [0.2, 0.25) is 0 Å².